The van der Waals surface area contributed by atoms with Gasteiger partial charge in [0.1, 0.15) is 11.6 Å². The van der Waals surface area contributed by atoms with Crippen molar-refractivity contribution in [3.63, 3.8) is 0 Å². The Labute approximate surface area is 181 Å². The van der Waals surface area contributed by atoms with Crippen LogP contribution < -0.4 is 10.6 Å². The van der Waals surface area contributed by atoms with Gasteiger partial charge < -0.3 is 19.8 Å². The maximum Gasteiger partial charge on any atom is 0.408 e. The zero-order chi connectivity index (χ0) is 22.4. The van der Waals surface area contributed by atoms with Crippen molar-refractivity contribution in [3.8, 4) is 0 Å². The third-order valence-electron chi connectivity index (χ3n) is 3.53. The number of thioether (sulfide) groups is 1. The van der Waals surface area contributed by atoms with Gasteiger partial charge in [0.25, 0.3) is 5.22 Å². The SMILES string of the molecule is CC(C)(C)NC(=O)CSc1nnc([C@H](Cc2ccccc2)NC(=O)OC(C)(C)C)o1. The Hall–Kier alpha value is -2.55. The first-order valence-corrected chi connectivity index (χ1v) is 10.7. The Morgan fingerprint density at radius 3 is 2.37 bits per heavy atom. The minimum absolute atomic E-state index is 0.125. The molecule has 0 saturated carbocycles. The summed E-state index contributed by atoms with van der Waals surface area (Å²) in [5.74, 6) is 0.283. The summed E-state index contributed by atoms with van der Waals surface area (Å²) in [6, 6.07) is 9.10. The Bertz CT molecular complexity index is 841. The largest absolute Gasteiger partial charge is 0.444 e. The van der Waals surface area contributed by atoms with Crippen LogP contribution in [0.3, 0.4) is 0 Å². The topological polar surface area (TPSA) is 106 Å². The smallest absolute Gasteiger partial charge is 0.408 e. The highest BCUT2D eigenvalue weighted by Crippen LogP contribution is 2.23. The lowest BCUT2D eigenvalue weighted by Crippen LogP contribution is -2.41. The minimum Gasteiger partial charge on any atom is -0.444 e. The van der Waals surface area contributed by atoms with Gasteiger partial charge in [-0.25, -0.2) is 4.79 Å². The number of hydrogen-bond acceptors (Lipinski definition) is 7. The van der Waals surface area contributed by atoms with E-state index in [1.807, 2.05) is 51.1 Å². The molecule has 2 rings (SSSR count). The van der Waals surface area contributed by atoms with Gasteiger partial charge in [-0.1, -0.05) is 42.1 Å². The second-order valence-corrected chi connectivity index (χ2v) is 9.81. The van der Waals surface area contributed by atoms with Crippen LogP contribution in [0.5, 0.6) is 0 Å². The molecule has 0 fully saturated rings. The van der Waals surface area contributed by atoms with E-state index >= 15 is 0 Å². The zero-order valence-corrected chi connectivity index (χ0v) is 19.1. The van der Waals surface area contributed by atoms with Gasteiger partial charge in [-0.05, 0) is 47.1 Å². The summed E-state index contributed by atoms with van der Waals surface area (Å²) in [7, 11) is 0. The summed E-state index contributed by atoms with van der Waals surface area (Å²) in [5, 5.41) is 14.0. The number of carbonyl (C=O) groups excluding carboxylic acids is 2. The van der Waals surface area contributed by atoms with Gasteiger partial charge in [0.2, 0.25) is 11.8 Å². The summed E-state index contributed by atoms with van der Waals surface area (Å²) in [6.45, 7) is 11.1. The standard InChI is InChI=1S/C21H30N4O4S/c1-20(2,3)23-16(26)13-30-19-25-24-17(28-19)15(12-14-10-8-7-9-11-14)22-18(27)29-21(4,5)6/h7-11,15H,12-13H2,1-6H3,(H,22,27)(H,23,26)/t15-/m0/s1. The number of benzene rings is 1. The molecular formula is C21H30N4O4S. The Kier molecular flexibility index (Phi) is 7.89. The van der Waals surface area contributed by atoms with Gasteiger partial charge in [-0.2, -0.15) is 0 Å². The monoisotopic (exact) mass is 434 g/mol. The van der Waals surface area contributed by atoms with Crippen LogP contribution in [0.25, 0.3) is 0 Å². The number of aromatic nitrogens is 2. The number of nitrogens with zero attached hydrogens (tertiary/aromatic N) is 2. The van der Waals surface area contributed by atoms with E-state index in [0.717, 1.165) is 17.3 Å². The predicted octanol–water partition coefficient (Wildman–Crippen LogP) is 3.88. The molecule has 0 saturated heterocycles. The number of nitrogens with one attached hydrogen (secondary N) is 2. The van der Waals surface area contributed by atoms with Crippen molar-refractivity contribution < 1.29 is 18.7 Å². The molecule has 0 aliphatic heterocycles. The van der Waals surface area contributed by atoms with Crippen molar-refractivity contribution in [1.29, 1.82) is 0 Å². The quantitative estimate of drug-likeness (QED) is 0.637. The number of rotatable bonds is 7. The van der Waals surface area contributed by atoms with E-state index in [4.69, 9.17) is 9.15 Å². The summed E-state index contributed by atoms with van der Waals surface area (Å²) in [6.07, 6.45) is -0.114. The summed E-state index contributed by atoms with van der Waals surface area (Å²) in [4.78, 5) is 24.3. The lowest BCUT2D eigenvalue weighted by molar-refractivity contribution is -0.119. The van der Waals surface area contributed by atoms with Crippen LogP contribution in [0.2, 0.25) is 0 Å². The minimum atomic E-state index is -0.627. The first-order valence-electron chi connectivity index (χ1n) is 9.72. The molecule has 0 aliphatic carbocycles. The van der Waals surface area contributed by atoms with Crippen LogP contribution >= 0.6 is 11.8 Å². The summed E-state index contributed by atoms with van der Waals surface area (Å²) in [5.41, 5.74) is 0.0588. The predicted molar refractivity (Wildman–Crippen MR) is 115 cm³/mol. The van der Waals surface area contributed by atoms with Gasteiger partial charge in [0.15, 0.2) is 0 Å². The van der Waals surface area contributed by atoms with Crippen molar-refractivity contribution in [2.24, 2.45) is 0 Å². The normalized spacial score (nSPS) is 12.9. The van der Waals surface area contributed by atoms with Crippen molar-refractivity contribution >= 4 is 23.8 Å². The lowest BCUT2D eigenvalue weighted by Gasteiger charge is -2.22. The summed E-state index contributed by atoms with van der Waals surface area (Å²) < 4.78 is 11.1. The molecule has 0 bridgehead atoms. The molecule has 1 heterocycles. The maximum absolute atomic E-state index is 12.3. The van der Waals surface area contributed by atoms with Gasteiger partial charge in [-0.3, -0.25) is 4.79 Å². The van der Waals surface area contributed by atoms with E-state index in [1.165, 1.54) is 0 Å². The fourth-order valence-electron chi connectivity index (χ4n) is 2.50. The average Bonchev–Trinajstić information content (AvgIpc) is 3.06. The number of carbonyl (C=O) groups is 2. The van der Waals surface area contributed by atoms with E-state index in [-0.39, 0.29) is 28.3 Å². The molecule has 0 unspecified atom stereocenters. The molecule has 0 radical (unpaired) electrons. The van der Waals surface area contributed by atoms with Gasteiger partial charge in [0, 0.05) is 12.0 Å². The highest BCUT2D eigenvalue weighted by atomic mass is 32.2. The molecule has 2 amide bonds. The second kappa shape index (κ2) is 9.97. The van der Waals surface area contributed by atoms with Crippen LogP contribution in [0, 0.1) is 0 Å². The van der Waals surface area contributed by atoms with Crippen LogP contribution in [-0.4, -0.2) is 39.1 Å². The Morgan fingerprint density at radius 2 is 1.77 bits per heavy atom. The van der Waals surface area contributed by atoms with Crippen molar-refractivity contribution in [2.75, 3.05) is 5.75 Å². The van der Waals surface area contributed by atoms with E-state index in [9.17, 15) is 9.59 Å². The molecule has 1 aromatic carbocycles. The summed E-state index contributed by atoms with van der Waals surface area (Å²) >= 11 is 1.15. The van der Waals surface area contributed by atoms with Crippen LogP contribution in [0.4, 0.5) is 4.79 Å². The lowest BCUT2D eigenvalue weighted by atomic mass is 10.1. The third-order valence-corrected chi connectivity index (χ3v) is 4.35. The fourth-order valence-corrected chi connectivity index (χ4v) is 3.07. The number of hydrogen-bond donors (Lipinski definition) is 2. The molecule has 9 heteroatoms. The number of alkyl carbamates (subject to hydrolysis) is 1. The third kappa shape index (κ3) is 8.86. The molecule has 164 valence electrons. The highest BCUT2D eigenvalue weighted by molar-refractivity contribution is 7.99. The molecule has 1 aromatic heterocycles. The van der Waals surface area contributed by atoms with E-state index in [2.05, 4.69) is 20.8 Å². The number of amides is 2. The molecule has 2 aromatic rings. The molecule has 0 spiro atoms. The first kappa shape index (κ1) is 23.7. The molecule has 2 N–H and O–H groups in total. The van der Waals surface area contributed by atoms with Crippen LogP contribution in [0.15, 0.2) is 40.0 Å². The van der Waals surface area contributed by atoms with Crippen LogP contribution in [0.1, 0.15) is 59.0 Å². The van der Waals surface area contributed by atoms with Crippen molar-refractivity contribution in [1.82, 2.24) is 20.8 Å². The van der Waals surface area contributed by atoms with Gasteiger partial charge in [-0.15, -0.1) is 10.2 Å². The molecule has 30 heavy (non-hydrogen) atoms. The van der Waals surface area contributed by atoms with E-state index in [0.29, 0.717) is 6.42 Å². The first-order chi connectivity index (χ1) is 13.9. The van der Waals surface area contributed by atoms with Gasteiger partial charge >= 0.3 is 6.09 Å². The molecular weight excluding hydrogens is 404 g/mol. The molecule has 8 nitrogen and oxygen atoms in total. The Morgan fingerprint density at radius 1 is 1.10 bits per heavy atom. The average molecular weight is 435 g/mol. The van der Waals surface area contributed by atoms with Crippen molar-refractivity contribution in [3.05, 3.63) is 41.8 Å². The van der Waals surface area contributed by atoms with Gasteiger partial charge in [0.05, 0.1) is 5.75 Å². The fraction of sp³-hybridized carbons (Fsp3) is 0.524. The second-order valence-electron chi connectivity index (χ2n) is 8.88. The van der Waals surface area contributed by atoms with Crippen LogP contribution in [-0.2, 0) is 16.0 Å². The maximum atomic E-state index is 12.3. The van der Waals surface area contributed by atoms with E-state index < -0.39 is 17.7 Å². The Balaban J connectivity index is 2.08. The molecule has 1 atom stereocenters. The van der Waals surface area contributed by atoms with E-state index in [1.54, 1.807) is 20.8 Å². The highest BCUT2D eigenvalue weighted by Gasteiger charge is 2.25. The number of ether oxygens (including phenoxy) is 1. The van der Waals surface area contributed by atoms with Crippen molar-refractivity contribution in [2.45, 2.75) is 70.4 Å². The zero-order valence-electron chi connectivity index (χ0n) is 18.3. The molecule has 0 aliphatic rings.